The molecule has 0 aliphatic carbocycles. The summed E-state index contributed by atoms with van der Waals surface area (Å²) in [4.78, 5) is 0. The van der Waals surface area contributed by atoms with Gasteiger partial charge in [-0.1, -0.05) is 38.5 Å². The third-order valence-electron chi connectivity index (χ3n) is 3.51. The summed E-state index contributed by atoms with van der Waals surface area (Å²) >= 11 is 0. The van der Waals surface area contributed by atoms with E-state index in [9.17, 15) is 5.11 Å². The maximum Gasteiger partial charge on any atom is 0.0591 e. The third-order valence-corrected chi connectivity index (χ3v) is 3.51. The first kappa shape index (κ1) is 14.2. The van der Waals surface area contributed by atoms with Crippen LogP contribution in [-0.2, 0) is 6.42 Å². The number of hydrogen-bond donors (Lipinski definition) is 1. The second kappa shape index (κ2) is 5.22. The van der Waals surface area contributed by atoms with Gasteiger partial charge in [0, 0.05) is 0 Å². The van der Waals surface area contributed by atoms with Gasteiger partial charge >= 0.3 is 0 Å². The zero-order valence-electron chi connectivity index (χ0n) is 12.1. The first-order valence-electron chi connectivity index (χ1n) is 6.46. The zero-order chi connectivity index (χ0) is 13.2. The van der Waals surface area contributed by atoms with Crippen molar-refractivity contribution < 1.29 is 5.11 Å². The molecule has 0 aliphatic rings. The molecule has 1 unspecified atom stereocenters. The van der Waals surface area contributed by atoms with Crippen molar-refractivity contribution in [1.82, 2.24) is 0 Å². The number of benzene rings is 1. The normalized spacial score (nSPS) is 13.8. The van der Waals surface area contributed by atoms with Gasteiger partial charge in [-0.25, -0.2) is 0 Å². The molecule has 0 bridgehead atoms. The van der Waals surface area contributed by atoms with E-state index in [2.05, 4.69) is 53.7 Å². The summed E-state index contributed by atoms with van der Waals surface area (Å²) in [5, 5.41) is 10.1. The summed E-state index contributed by atoms with van der Waals surface area (Å²) in [5.41, 5.74) is 5.40. The lowest BCUT2D eigenvalue weighted by Crippen LogP contribution is -2.26. The Labute approximate surface area is 106 Å². The van der Waals surface area contributed by atoms with Crippen LogP contribution < -0.4 is 0 Å². The van der Waals surface area contributed by atoms with Crippen LogP contribution in [-0.4, -0.2) is 11.2 Å². The zero-order valence-corrected chi connectivity index (χ0v) is 12.1. The van der Waals surface area contributed by atoms with Crippen LogP contribution in [0.1, 0.15) is 49.4 Å². The minimum absolute atomic E-state index is 0.0213. The second-order valence-electron chi connectivity index (χ2n) is 6.30. The predicted molar refractivity (Wildman–Crippen MR) is 74.4 cm³/mol. The highest BCUT2D eigenvalue weighted by Crippen LogP contribution is 2.25. The Hall–Kier alpha value is -0.820. The Bertz CT molecular complexity index is 362. The number of aliphatic hydroxyl groups excluding tert-OH is 1. The van der Waals surface area contributed by atoms with Gasteiger partial charge in [0.25, 0.3) is 0 Å². The Morgan fingerprint density at radius 1 is 1.06 bits per heavy atom. The molecule has 0 saturated heterocycles. The van der Waals surface area contributed by atoms with E-state index in [-0.39, 0.29) is 11.5 Å². The van der Waals surface area contributed by atoms with E-state index in [1.54, 1.807) is 0 Å². The van der Waals surface area contributed by atoms with Crippen LogP contribution in [0.3, 0.4) is 0 Å². The van der Waals surface area contributed by atoms with Crippen molar-refractivity contribution in [1.29, 1.82) is 0 Å². The van der Waals surface area contributed by atoms with Crippen molar-refractivity contribution in [3.8, 4) is 0 Å². The van der Waals surface area contributed by atoms with Gasteiger partial charge in [0.05, 0.1) is 6.10 Å². The first-order chi connectivity index (χ1) is 7.71. The van der Waals surface area contributed by atoms with E-state index in [1.165, 1.54) is 22.3 Å². The van der Waals surface area contributed by atoms with Gasteiger partial charge in [0.1, 0.15) is 0 Å². The molecule has 1 aromatic carbocycles. The summed E-state index contributed by atoms with van der Waals surface area (Å²) in [5.74, 6) is 0. The van der Waals surface area contributed by atoms with Crippen molar-refractivity contribution in [2.75, 3.05) is 0 Å². The lowest BCUT2D eigenvalue weighted by Gasteiger charge is -2.26. The van der Waals surface area contributed by atoms with Gasteiger partial charge in [-0.2, -0.15) is 0 Å². The quantitative estimate of drug-likeness (QED) is 0.839. The van der Waals surface area contributed by atoms with E-state index in [1.807, 2.05) is 0 Å². The molecule has 1 nitrogen and oxygen atoms in total. The minimum atomic E-state index is -0.234. The lowest BCUT2D eigenvalue weighted by atomic mass is 9.84. The van der Waals surface area contributed by atoms with Crippen LogP contribution >= 0.6 is 0 Å². The number of aliphatic hydroxyl groups is 1. The molecular formula is C16H26O. The fourth-order valence-electron chi connectivity index (χ4n) is 2.32. The van der Waals surface area contributed by atoms with Gasteiger partial charge in [0.15, 0.2) is 0 Å². The minimum Gasteiger partial charge on any atom is -0.393 e. The molecule has 0 radical (unpaired) electrons. The highest BCUT2D eigenvalue weighted by Gasteiger charge is 2.22. The average molecular weight is 234 g/mol. The molecule has 0 amide bonds. The molecule has 17 heavy (non-hydrogen) atoms. The maximum atomic E-state index is 10.1. The highest BCUT2D eigenvalue weighted by molar-refractivity contribution is 5.37. The molecule has 0 fully saturated rings. The Morgan fingerprint density at radius 3 is 1.94 bits per heavy atom. The number of rotatable bonds is 3. The van der Waals surface area contributed by atoms with Crippen LogP contribution in [0.4, 0.5) is 0 Å². The summed E-state index contributed by atoms with van der Waals surface area (Å²) in [6, 6.07) is 4.46. The van der Waals surface area contributed by atoms with Crippen LogP contribution in [0, 0.1) is 26.2 Å². The van der Waals surface area contributed by atoms with Crippen molar-refractivity contribution in [3.63, 3.8) is 0 Å². The first-order valence-corrected chi connectivity index (χ1v) is 6.46. The highest BCUT2D eigenvalue weighted by atomic mass is 16.3. The number of aryl methyl sites for hydroxylation is 3. The van der Waals surface area contributed by atoms with Crippen molar-refractivity contribution >= 4 is 0 Å². The van der Waals surface area contributed by atoms with E-state index in [0.29, 0.717) is 0 Å². The third kappa shape index (κ3) is 3.85. The molecule has 1 rings (SSSR count). The molecule has 0 heterocycles. The fraction of sp³-hybridized carbons (Fsp3) is 0.625. The topological polar surface area (TPSA) is 20.2 Å². The Balaban J connectivity index is 2.77. The van der Waals surface area contributed by atoms with E-state index in [0.717, 1.165) is 12.8 Å². The Kier molecular flexibility index (Phi) is 4.37. The van der Waals surface area contributed by atoms with E-state index < -0.39 is 0 Å². The molecule has 0 spiro atoms. The fourth-order valence-corrected chi connectivity index (χ4v) is 2.32. The molecule has 96 valence electrons. The smallest absolute Gasteiger partial charge is 0.0591 e. The number of hydrogen-bond acceptors (Lipinski definition) is 1. The monoisotopic (exact) mass is 234 g/mol. The van der Waals surface area contributed by atoms with Crippen LogP contribution in [0.5, 0.6) is 0 Å². The maximum absolute atomic E-state index is 10.1. The summed E-state index contributed by atoms with van der Waals surface area (Å²) in [7, 11) is 0. The Morgan fingerprint density at radius 2 is 1.53 bits per heavy atom. The largest absolute Gasteiger partial charge is 0.393 e. The molecular weight excluding hydrogens is 208 g/mol. The molecule has 1 heteroatoms. The van der Waals surface area contributed by atoms with Crippen molar-refractivity contribution in [2.24, 2.45) is 5.41 Å². The van der Waals surface area contributed by atoms with Gasteiger partial charge in [-0.05, 0) is 55.7 Å². The molecule has 0 saturated carbocycles. The molecule has 0 aromatic heterocycles. The van der Waals surface area contributed by atoms with E-state index >= 15 is 0 Å². The summed E-state index contributed by atoms with van der Waals surface area (Å²) in [6.07, 6.45) is 1.58. The van der Waals surface area contributed by atoms with Gasteiger partial charge in [-0.3, -0.25) is 0 Å². The van der Waals surface area contributed by atoms with Crippen LogP contribution in [0.15, 0.2) is 12.1 Å². The van der Waals surface area contributed by atoms with Crippen molar-refractivity contribution in [3.05, 3.63) is 34.4 Å². The molecule has 0 aliphatic heterocycles. The van der Waals surface area contributed by atoms with E-state index in [4.69, 9.17) is 0 Å². The van der Waals surface area contributed by atoms with Crippen LogP contribution in [0.2, 0.25) is 0 Å². The standard InChI is InChI=1S/C16H26O/c1-11-9-12(2)14(13(3)10-11)7-8-15(17)16(4,5)6/h9-10,15,17H,7-8H2,1-6H3. The summed E-state index contributed by atoms with van der Waals surface area (Å²) in [6.45, 7) is 12.7. The average Bonchev–Trinajstić information content (AvgIpc) is 2.13. The molecule has 1 N–H and O–H groups in total. The van der Waals surface area contributed by atoms with Crippen LogP contribution in [0.25, 0.3) is 0 Å². The SMILES string of the molecule is Cc1cc(C)c(CCC(O)C(C)(C)C)c(C)c1. The lowest BCUT2D eigenvalue weighted by molar-refractivity contribution is 0.0559. The summed E-state index contributed by atoms with van der Waals surface area (Å²) < 4.78 is 0. The van der Waals surface area contributed by atoms with Gasteiger partial charge in [0.2, 0.25) is 0 Å². The molecule has 1 aromatic rings. The second-order valence-corrected chi connectivity index (χ2v) is 6.30. The van der Waals surface area contributed by atoms with Gasteiger partial charge in [-0.15, -0.1) is 0 Å². The van der Waals surface area contributed by atoms with Gasteiger partial charge < -0.3 is 5.11 Å². The molecule has 1 atom stereocenters. The predicted octanol–water partition coefficient (Wildman–Crippen LogP) is 3.95. The van der Waals surface area contributed by atoms with Crippen molar-refractivity contribution in [2.45, 2.75) is 60.5 Å².